The number of benzene rings is 2. The summed E-state index contributed by atoms with van der Waals surface area (Å²) < 4.78 is 44.4. The normalized spacial score (nSPS) is 13.6. The van der Waals surface area contributed by atoms with E-state index in [1.807, 2.05) is 12.1 Å². The van der Waals surface area contributed by atoms with E-state index in [2.05, 4.69) is 21.8 Å². The van der Waals surface area contributed by atoms with Crippen LogP contribution in [-0.2, 0) is 21.1 Å². The van der Waals surface area contributed by atoms with E-state index in [-0.39, 0.29) is 10.7 Å². The molecule has 0 aliphatic carbocycles. The van der Waals surface area contributed by atoms with Gasteiger partial charge in [-0.3, -0.25) is 4.98 Å². The van der Waals surface area contributed by atoms with Crippen LogP contribution < -0.4 is 5.32 Å². The number of rotatable bonds is 6. The van der Waals surface area contributed by atoms with Crippen molar-refractivity contribution in [1.82, 2.24) is 19.9 Å². The standard InChI is InChI=1S/C24H22FN3O2S.C4H9NO/c1-3-16-28-23(18-12-14-26-15-13-18)22(17-4-8-20(25)9-5-17)27-24(28)19-6-10-21(11-7-19)31(2,29)30;1-3-6-4-2-5-1/h4-15H,3,16H2,1-2H3;5H,1-4H2. The second-order valence-electron chi connectivity index (χ2n) is 8.69. The number of nitrogens with zero attached hydrogens (tertiary/aromatic N) is 3. The second-order valence-corrected chi connectivity index (χ2v) is 10.7. The van der Waals surface area contributed by atoms with E-state index in [0.717, 1.165) is 73.2 Å². The zero-order valence-corrected chi connectivity index (χ0v) is 21.8. The molecule has 7 nitrogen and oxygen atoms in total. The summed E-state index contributed by atoms with van der Waals surface area (Å²) in [5.74, 6) is 0.423. The molecule has 0 spiro atoms. The smallest absolute Gasteiger partial charge is 0.175 e. The molecule has 0 bridgehead atoms. The SMILES string of the molecule is C1COCCN1.CCCn1c(-c2ccc(S(C)(=O)=O)cc2)nc(-c2ccc(F)cc2)c1-c1ccncc1. The van der Waals surface area contributed by atoms with E-state index >= 15 is 0 Å². The fourth-order valence-electron chi connectivity index (χ4n) is 4.09. The first kappa shape index (κ1) is 26.7. The summed E-state index contributed by atoms with van der Waals surface area (Å²) in [7, 11) is -3.28. The van der Waals surface area contributed by atoms with Crippen LogP contribution in [0.25, 0.3) is 33.9 Å². The van der Waals surface area contributed by atoms with Crippen molar-refractivity contribution in [1.29, 1.82) is 0 Å². The van der Waals surface area contributed by atoms with E-state index in [1.165, 1.54) is 18.4 Å². The number of imidazole rings is 1. The van der Waals surface area contributed by atoms with Gasteiger partial charge in [-0.15, -0.1) is 0 Å². The molecule has 2 aromatic heterocycles. The van der Waals surface area contributed by atoms with Crippen LogP contribution in [0.2, 0.25) is 0 Å². The Hall–Kier alpha value is -3.40. The highest BCUT2D eigenvalue weighted by molar-refractivity contribution is 7.90. The number of pyridine rings is 1. The number of hydrogen-bond donors (Lipinski definition) is 1. The van der Waals surface area contributed by atoms with Crippen LogP contribution in [0.3, 0.4) is 0 Å². The van der Waals surface area contributed by atoms with Crippen molar-refractivity contribution in [3.05, 3.63) is 78.9 Å². The Bertz CT molecular complexity index is 1390. The number of nitrogens with one attached hydrogen (secondary N) is 1. The lowest BCUT2D eigenvalue weighted by molar-refractivity contribution is 0.109. The molecule has 4 aromatic rings. The van der Waals surface area contributed by atoms with Crippen molar-refractivity contribution in [3.8, 4) is 33.9 Å². The Morgan fingerprint density at radius 3 is 2.05 bits per heavy atom. The van der Waals surface area contributed by atoms with E-state index in [1.54, 1.807) is 48.8 Å². The predicted molar refractivity (Wildman–Crippen MR) is 143 cm³/mol. The number of halogens is 1. The molecule has 9 heteroatoms. The minimum absolute atomic E-state index is 0.262. The average Bonchev–Trinajstić information content (AvgIpc) is 3.30. The third-order valence-corrected chi connectivity index (χ3v) is 7.00. The van der Waals surface area contributed by atoms with Gasteiger partial charge in [0, 0.05) is 55.0 Å². The van der Waals surface area contributed by atoms with Gasteiger partial charge >= 0.3 is 0 Å². The minimum atomic E-state index is -3.28. The number of morpholine rings is 1. The van der Waals surface area contributed by atoms with Gasteiger partial charge in [-0.25, -0.2) is 17.8 Å². The number of aromatic nitrogens is 3. The summed E-state index contributed by atoms with van der Waals surface area (Å²) in [6.07, 6.45) is 5.53. The molecular weight excluding hydrogens is 491 g/mol. The highest BCUT2D eigenvalue weighted by Gasteiger charge is 2.21. The van der Waals surface area contributed by atoms with Crippen LogP contribution in [0.15, 0.2) is 78.0 Å². The average molecular weight is 523 g/mol. The van der Waals surface area contributed by atoms with Gasteiger partial charge in [0.05, 0.1) is 29.5 Å². The molecule has 37 heavy (non-hydrogen) atoms. The van der Waals surface area contributed by atoms with Gasteiger partial charge in [0.2, 0.25) is 0 Å². The van der Waals surface area contributed by atoms with Gasteiger partial charge in [-0.1, -0.05) is 6.92 Å². The Balaban J connectivity index is 0.000000469. The summed E-state index contributed by atoms with van der Waals surface area (Å²) in [5.41, 5.74) is 4.22. The van der Waals surface area contributed by atoms with E-state index < -0.39 is 9.84 Å². The third-order valence-electron chi connectivity index (χ3n) is 5.87. The van der Waals surface area contributed by atoms with Crippen LogP contribution >= 0.6 is 0 Å². The molecule has 2 aromatic carbocycles. The number of sulfone groups is 1. The van der Waals surface area contributed by atoms with E-state index in [0.29, 0.717) is 0 Å². The molecule has 0 unspecified atom stereocenters. The summed E-state index contributed by atoms with van der Waals surface area (Å²) in [6.45, 7) is 6.64. The predicted octanol–water partition coefficient (Wildman–Crippen LogP) is 4.84. The summed E-state index contributed by atoms with van der Waals surface area (Å²) in [6, 6.07) is 16.9. The lowest BCUT2D eigenvalue weighted by Crippen LogP contribution is -2.30. The highest BCUT2D eigenvalue weighted by Crippen LogP contribution is 2.36. The van der Waals surface area contributed by atoms with Crippen molar-refractivity contribution in [2.45, 2.75) is 24.8 Å². The first-order valence-electron chi connectivity index (χ1n) is 12.2. The summed E-state index contributed by atoms with van der Waals surface area (Å²) in [4.78, 5) is 9.32. The van der Waals surface area contributed by atoms with Crippen molar-refractivity contribution in [2.24, 2.45) is 0 Å². The lowest BCUT2D eigenvalue weighted by Gasteiger charge is -2.12. The van der Waals surface area contributed by atoms with Gasteiger partial charge in [0.25, 0.3) is 0 Å². The molecule has 0 amide bonds. The van der Waals surface area contributed by atoms with Crippen molar-refractivity contribution in [3.63, 3.8) is 0 Å². The zero-order valence-electron chi connectivity index (χ0n) is 21.0. The number of hydrogen-bond acceptors (Lipinski definition) is 6. The Morgan fingerprint density at radius 1 is 0.919 bits per heavy atom. The van der Waals surface area contributed by atoms with Crippen molar-refractivity contribution < 1.29 is 17.5 Å². The minimum Gasteiger partial charge on any atom is -0.379 e. The lowest BCUT2D eigenvalue weighted by atomic mass is 10.1. The molecule has 1 aliphatic heterocycles. The second kappa shape index (κ2) is 12.2. The van der Waals surface area contributed by atoms with Crippen LogP contribution in [-0.4, -0.2) is 55.5 Å². The molecule has 1 aliphatic rings. The van der Waals surface area contributed by atoms with Gasteiger partial charge in [0.1, 0.15) is 11.6 Å². The quantitative estimate of drug-likeness (QED) is 0.390. The van der Waals surface area contributed by atoms with Gasteiger partial charge in [-0.05, 0) is 67.1 Å². The third kappa shape index (κ3) is 6.68. The Labute approximate surface area is 217 Å². The maximum absolute atomic E-state index is 13.5. The fraction of sp³-hybridized carbons (Fsp3) is 0.286. The molecule has 0 saturated carbocycles. The van der Waals surface area contributed by atoms with Crippen LogP contribution in [0.1, 0.15) is 13.3 Å². The molecule has 1 fully saturated rings. The zero-order chi connectivity index (χ0) is 26.3. The molecule has 3 heterocycles. The molecule has 0 radical (unpaired) electrons. The van der Waals surface area contributed by atoms with E-state index in [4.69, 9.17) is 9.72 Å². The topological polar surface area (TPSA) is 86.1 Å². The summed E-state index contributed by atoms with van der Waals surface area (Å²) in [5, 5.41) is 3.16. The first-order valence-corrected chi connectivity index (χ1v) is 14.1. The van der Waals surface area contributed by atoms with Gasteiger partial charge < -0.3 is 14.6 Å². The molecule has 0 atom stereocenters. The Kier molecular flexibility index (Phi) is 8.81. The van der Waals surface area contributed by atoms with Crippen molar-refractivity contribution >= 4 is 9.84 Å². The monoisotopic (exact) mass is 522 g/mol. The van der Waals surface area contributed by atoms with Crippen molar-refractivity contribution in [2.75, 3.05) is 32.6 Å². The molecule has 5 rings (SSSR count). The largest absolute Gasteiger partial charge is 0.379 e. The van der Waals surface area contributed by atoms with Gasteiger partial charge in [0.15, 0.2) is 9.84 Å². The van der Waals surface area contributed by atoms with Crippen LogP contribution in [0, 0.1) is 5.82 Å². The van der Waals surface area contributed by atoms with Crippen LogP contribution in [0.5, 0.6) is 0 Å². The molecule has 1 saturated heterocycles. The summed E-state index contributed by atoms with van der Waals surface area (Å²) >= 11 is 0. The van der Waals surface area contributed by atoms with E-state index in [9.17, 15) is 12.8 Å². The maximum atomic E-state index is 13.5. The maximum Gasteiger partial charge on any atom is 0.175 e. The number of ether oxygens (including phenoxy) is 1. The molecular formula is C28H31FN4O3S. The Morgan fingerprint density at radius 2 is 1.54 bits per heavy atom. The highest BCUT2D eigenvalue weighted by atomic mass is 32.2. The van der Waals surface area contributed by atoms with Crippen LogP contribution in [0.4, 0.5) is 4.39 Å². The molecule has 194 valence electrons. The first-order chi connectivity index (χ1) is 17.9. The molecule has 1 N–H and O–H groups in total. The fourth-order valence-corrected chi connectivity index (χ4v) is 4.72. The van der Waals surface area contributed by atoms with Gasteiger partial charge in [-0.2, -0.15) is 0 Å².